The molecule has 80 valence electrons. The fourth-order valence-electron chi connectivity index (χ4n) is 2.66. The van der Waals surface area contributed by atoms with Gasteiger partial charge in [-0.3, -0.25) is 4.79 Å². The third-order valence-corrected chi connectivity index (χ3v) is 3.56. The molecular formula is C10H16ClNO2. The molecule has 14 heavy (non-hydrogen) atoms. The van der Waals surface area contributed by atoms with E-state index in [0.29, 0.717) is 17.9 Å². The van der Waals surface area contributed by atoms with Crippen LogP contribution in [0.3, 0.4) is 0 Å². The summed E-state index contributed by atoms with van der Waals surface area (Å²) in [5.74, 6) is 1.15. The van der Waals surface area contributed by atoms with Crippen LogP contribution in [0.25, 0.3) is 0 Å². The summed E-state index contributed by atoms with van der Waals surface area (Å²) in [6.45, 7) is 3.38. The molecule has 4 heteroatoms. The maximum absolute atomic E-state index is 11.6. The second kappa shape index (κ2) is 3.70. The molecular weight excluding hydrogens is 202 g/mol. The molecule has 0 radical (unpaired) electrons. The van der Waals surface area contributed by atoms with Crippen molar-refractivity contribution in [3.05, 3.63) is 0 Å². The van der Waals surface area contributed by atoms with Crippen LogP contribution in [0.2, 0.25) is 0 Å². The van der Waals surface area contributed by atoms with Gasteiger partial charge in [0.2, 0.25) is 5.91 Å². The fraction of sp³-hybridized carbons (Fsp3) is 0.900. The van der Waals surface area contributed by atoms with Crippen LogP contribution in [-0.2, 0) is 9.53 Å². The SMILES string of the molecule is COC1[C@H]2C[C@H]1CN(C(=O)[C@H](C)Cl)C2. The van der Waals surface area contributed by atoms with Gasteiger partial charge >= 0.3 is 0 Å². The first-order valence-electron chi connectivity index (χ1n) is 5.09. The molecule has 2 aliphatic heterocycles. The molecule has 2 bridgehead atoms. The Hall–Kier alpha value is -0.280. The predicted molar refractivity (Wildman–Crippen MR) is 54.3 cm³/mol. The van der Waals surface area contributed by atoms with E-state index < -0.39 is 5.38 Å². The molecule has 1 aliphatic carbocycles. The van der Waals surface area contributed by atoms with E-state index in [1.807, 2.05) is 4.90 Å². The average Bonchev–Trinajstić information content (AvgIpc) is 2.17. The average molecular weight is 218 g/mol. The number of halogens is 1. The largest absolute Gasteiger partial charge is 0.381 e. The van der Waals surface area contributed by atoms with Gasteiger partial charge in [0.1, 0.15) is 5.38 Å². The van der Waals surface area contributed by atoms with E-state index in [2.05, 4.69) is 0 Å². The summed E-state index contributed by atoms with van der Waals surface area (Å²) < 4.78 is 5.37. The number of rotatable bonds is 2. The van der Waals surface area contributed by atoms with Crippen molar-refractivity contribution in [2.45, 2.75) is 24.8 Å². The minimum atomic E-state index is -0.395. The first-order valence-corrected chi connectivity index (χ1v) is 5.52. The minimum absolute atomic E-state index is 0.0657. The second-order valence-electron chi connectivity index (χ2n) is 4.32. The molecule has 0 aromatic rings. The smallest absolute Gasteiger partial charge is 0.240 e. The number of ether oxygens (including phenoxy) is 1. The summed E-state index contributed by atoms with van der Waals surface area (Å²) >= 11 is 5.77. The number of fused-ring (bicyclic) bond motifs is 2. The third kappa shape index (κ3) is 1.52. The Morgan fingerprint density at radius 2 is 2.07 bits per heavy atom. The van der Waals surface area contributed by atoms with Crippen LogP contribution in [0.1, 0.15) is 13.3 Å². The number of methoxy groups -OCH3 is 1. The number of carbonyl (C=O) groups excluding carboxylic acids is 1. The van der Waals surface area contributed by atoms with Gasteiger partial charge in [0.15, 0.2) is 0 Å². The predicted octanol–water partition coefficient (Wildman–Crippen LogP) is 1.11. The lowest BCUT2D eigenvalue weighted by atomic mass is 9.68. The van der Waals surface area contributed by atoms with E-state index in [9.17, 15) is 4.79 Å². The first kappa shape index (κ1) is 10.2. The van der Waals surface area contributed by atoms with Gasteiger partial charge in [0, 0.05) is 32.0 Å². The molecule has 3 fully saturated rings. The Kier molecular flexibility index (Phi) is 2.71. The summed E-state index contributed by atoms with van der Waals surface area (Å²) in [4.78, 5) is 13.5. The highest BCUT2D eigenvalue weighted by Crippen LogP contribution is 2.41. The van der Waals surface area contributed by atoms with E-state index in [1.165, 1.54) is 6.42 Å². The van der Waals surface area contributed by atoms with Crippen molar-refractivity contribution in [1.82, 2.24) is 4.90 Å². The topological polar surface area (TPSA) is 29.5 Å². The molecule has 2 saturated heterocycles. The number of nitrogens with zero attached hydrogens (tertiary/aromatic N) is 1. The molecule has 0 aromatic carbocycles. The molecule has 0 unspecified atom stereocenters. The van der Waals surface area contributed by atoms with Crippen molar-refractivity contribution in [3.63, 3.8) is 0 Å². The number of amides is 1. The maximum atomic E-state index is 11.6. The zero-order valence-electron chi connectivity index (χ0n) is 8.57. The number of hydrogen-bond donors (Lipinski definition) is 0. The van der Waals surface area contributed by atoms with Gasteiger partial charge in [-0.1, -0.05) is 0 Å². The molecule has 2 heterocycles. The van der Waals surface area contributed by atoms with Crippen molar-refractivity contribution in [1.29, 1.82) is 0 Å². The Balaban J connectivity index is 1.93. The number of hydrogen-bond acceptors (Lipinski definition) is 2. The summed E-state index contributed by atoms with van der Waals surface area (Å²) in [5.41, 5.74) is 0. The molecule has 0 spiro atoms. The molecule has 3 nitrogen and oxygen atoms in total. The summed E-state index contributed by atoms with van der Waals surface area (Å²) in [6.07, 6.45) is 1.59. The van der Waals surface area contributed by atoms with Gasteiger partial charge in [-0.15, -0.1) is 11.6 Å². The third-order valence-electron chi connectivity index (χ3n) is 3.37. The second-order valence-corrected chi connectivity index (χ2v) is 4.97. The van der Waals surface area contributed by atoms with Crippen LogP contribution < -0.4 is 0 Å². The van der Waals surface area contributed by atoms with Gasteiger partial charge in [-0.05, 0) is 13.3 Å². The van der Waals surface area contributed by atoms with Crippen LogP contribution in [0, 0.1) is 11.8 Å². The van der Waals surface area contributed by atoms with E-state index in [0.717, 1.165) is 13.1 Å². The Morgan fingerprint density at radius 3 is 2.50 bits per heavy atom. The van der Waals surface area contributed by atoms with E-state index in [1.54, 1.807) is 14.0 Å². The Bertz CT molecular complexity index is 232. The molecule has 1 amide bonds. The summed E-state index contributed by atoms with van der Waals surface area (Å²) in [6, 6.07) is 0. The van der Waals surface area contributed by atoms with Crippen LogP contribution >= 0.6 is 11.6 Å². The lowest BCUT2D eigenvalue weighted by Crippen LogP contribution is -2.61. The van der Waals surface area contributed by atoms with E-state index in [4.69, 9.17) is 16.3 Å². The molecule has 0 aromatic heterocycles. The van der Waals surface area contributed by atoms with Gasteiger partial charge in [-0.2, -0.15) is 0 Å². The minimum Gasteiger partial charge on any atom is -0.381 e. The van der Waals surface area contributed by atoms with Gasteiger partial charge in [-0.25, -0.2) is 0 Å². The van der Waals surface area contributed by atoms with Gasteiger partial charge in [0.05, 0.1) is 6.10 Å². The normalized spacial score (nSPS) is 37.6. The Labute approximate surface area is 89.4 Å². The van der Waals surface area contributed by atoms with Crippen molar-refractivity contribution < 1.29 is 9.53 Å². The quantitative estimate of drug-likeness (QED) is 0.649. The zero-order chi connectivity index (χ0) is 10.3. The van der Waals surface area contributed by atoms with E-state index in [-0.39, 0.29) is 5.91 Å². The first-order chi connectivity index (χ1) is 6.63. The summed E-state index contributed by atoms with van der Waals surface area (Å²) in [5, 5.41) is -0.395. The molecule has 1 saturated carbocycles. The molecule has 3 aliphatic rings. The van der Waals surface area contributed by atoms with Crippen molar-refractivity contribution in [2.24, 2.45) is 11.8 Å². The lowest BCUT2D eigenvalue weighted by molar-refractivity contribution is -0.155. The monoisotopic (exact) mass is 217 g/mol. The van der Waals surface area contributed by atoms with Crippen molar-refractivity contribution in [3.8, 4) is 0 Å². The van der Waals surface area contributed by atoms with Crippen LogP contribution in [0.4, 0.5) is 0 Å². The standard InChI is InChI=1S/C10H16ClNO2/c1-6(11)10(13)12-4-7-3-8(5-12)9(7)14-2/h6-9H,3-5H2,1-2H3/t6-,7-,8-/m0/s1. The molecule has 3 rings (SSSR count). The van der Waals surface area contributed by atoms with Crippen LogP contribution in [0.15, 0.2) is 0 Å². The van der Waals surface area contributed by atoms with Crippen molar-refractivity contribution >= 4 is 17.5 Å². The number of carbonyl (C=O) groups is 1. The Morgan fingerprint density at radius 1 is 1.50 bits per heavy atom. The fourth-order valence-corrected chi connectivity index (χ4v) is 2.80. The molecule has 0 N–H and O–H groups in total. The van der Waals surface area contributed by atoms with Crippen LogP contribution in [0.5, 0.6) is 0 Å². The highest BCUT2D eigenvalue weighted by Gasteiger charge is 2.48. The summed E-state index contributed by atoms with van der Waals surface area (Å²) in [7, 11) is 1.76. The maximum Gasteiger partial charge on any atom is 0.240 e. The highest BCUT2D eigenvalue weighted by molar-refractivity contribution is 6.30. The van der Waals surface area contributed by atoms with Crippen LogP contribution in [-0.4, -0.2) is 42.5 Å². The number of piperidine rings is 2. The van der Waals surface area contributed by atoms with Gasteiger partial charge in [0.25, 0.3) is 0 Å². The zero-order valence-corrected chi connectivity index (χ0v) is 9.33. The van der Waals surface area contributed by atoms with Crippen molar-refractivity contribution in [2.75, 3.05) is 20.2 Å². The lowest BCUT2D eigenvalue weighted by Gasteiger charge is -2.52. The van der Waals surface area contributed by atoms with E-state index >= 15 is 0 Å². The molecule has 3 atom stereocenters. The highest BCUT2D eigenvalue weighted by atomic mass is 35.5. The van der Waals surface area contributed by atoms with Gasteiger partial charge < -0.3 is 9.64 Å². The number of alkyl halides is 1.